The number of nitrogens with one attached hydrogen (secondary N) is 1. The lowest BCUT2D eigenvalue weighted by atomic mass is 10.0. The van der Waals surface area contributed by atoms with E-state index < -0.39 is 5.91 Å². The summed E-state index contributed by atoms with van der Waals surface area (Å²) in [7, 11) is 1.98. The molecule has 0 unspecified atom stereocenters. The number of aryl methyl sites for hydroxylation is 1. The van der Waals surface area contributed by atoms with Gasteiger partial charge in [-0.15, -0.1) is 0 Å². The Morgan fingerprint density at radius 3 is 2.72 bits per heavy atom. The average molecular weight is 346 g/mol. The van der Waals surface area contributed by atoms with Crippen LogP contribution in [0.4, 0.5) is 0 Å². The molecule has 0 bridgehead atoms. The fourth-order valence-electron chi connectivity index (χ4n) is 3.63. The van der Waals surface area contributed by atoms with Crippen molar-refractivity contribution >= 4 is 16.9 Å². The Hall–Kier alpha value is -2.00. The third-order valence-corrected chi connectivity index (χ3v) is 5.13. The topological polar surface area (TPSA) is 88.8 Å². The number of nitrogens with zero attached hydrogens (tertiary/aromatic N) is 3. The first-order chi connectivity index (χ1) is 12.1. The minimum Gasteiger partial charge on any atom is -0.347 e. The number of carbonyl (C=O) groups is 1. The van der Waals surface area contributed by atoms with E-state index in [9.17, 15) is 4.79 Å². The van der Waals surface area contributed by atoms with E-state index in [2.05, 4.69) is 9.88 Å². The number of likely N-dealkylation sites (tertiary alicyclic amines) is 1. The molecule has 0 radical (unpaired) electrons. The first kappa shape index (κ1) is 16.5. The first-order valence-corrected chi connectivity index (χ1v) is 8.50. The van der Waals surface area contributed by atoms with Gasteiger partial charge in [-0.1, -0.05) is 0 Å². The van der Waals surface area contributed by atoms with E-state index in [0.717, 1.165) is 49.3 Å². The molecular weight excluding hydrogens is 324 g/mol. The van der Waals surface area contributed by atoms with Gasteiger partial charge in [0.2, 0.25) is 0 Å². The molecule has 1 spiro atoms. The molecule has 1 aromatic carbocycles. The number of hydroxylamine groups is 1. The number of fused-ring (bicyclic) bond motifs is 1. The quantitative estimate of drug-likeness (QED) is 0.637. The van der Waals surface area contributed by atoms with Gasteiger partial charge in [0.05, 0.1) is 30.8 Å². The molecule has 2 saturated heterocycles. The predicted octanol–water partition coefficient (Wildman–Crippen LogP) is 1.03. The van der Waals surface area contributed by atoms with Crippen molar-refractivity contribution in [3.8, 4) is 0 Å². The number of aromatic nitrogens is 2. The molecule has 1 aromatic heterocycles. The summed E-state index contributed by atoms with van der Waals surface area (Å²) in [5.74, 6) is 0.0443. The molecule has 2 N–H and O–H groups in total. The summed E-state index contributed by atoms with van der Waals surface area (Å²) in [5.41, 5.74) is 3.74. The number of benzene rings is 1. The van der Waals surface area contributed by atoms with E-state index in [4.69, 9.17) is 14.7 Å². The Labute approximate surface area is 145 Å². The van der Waals surface area contributed by atoms with Gasteiger partial charge in [0, 0.05) is 38.5 Å². The number of piperidine rings is 1. The highest BCUT2D eigenvalue weighted by molar-refractivity contribution is 5.96. The summed E-state index contributed by atoms with van der Waals surface area (Å²) in [6.07, 6.45) is 1.75. The molecule has 2 fully saturated rings. The van der Waals surface area contributed by atoms with Crippen molar-refractivity contribution in [1.29, 1.82) is 0 Å². The Bertz CT molecular complexity index is 787. The SMILES string of the molecule is Cn1c(CN2CCC3(CC2)OCCO3)nc2cc(C(=O)NO)ccc21. The van der Waals surface area contributed by atoms with Crippen LogP contribution in [0.15, 0.2) is 18.2 Å². The highest BCUT2D eigenvalue weighted by atomic mass is 16.7. The normalized spacial score (nSPS) is 20.4. The lowest BCUT2D eigenvalue weighted by molar-refractivity contribution is -0.186. The number of hydrogen-bond donors (Lipinski definition) is 2. The molecular formula is C17H22N4O4. The summed E-state index contributed by atoms with van der Waals surface area (Å²) in [6.45, 7) is 3.93. The zero-order valence-electron chi connectivity index (χ0n) is 14.2. The molecule has 8 nitrogen and oxygen atoms in total. The van der Waals surface area contributed by atoms with Crippen LogP contribution in [0.3, 0.4) is 0 Å². The van der Waals surface area contributed by atoms with Crippen LogP contribution in [0.1, 0.15) is 29.0 Å². The van der Waals surface area contributed by atoms with Crippen LogP contribution in [0, 0.1) is 0 Å². The maximum Gasteiger partial charge on any atom is 0.274 e. The molecule has 0 saturated carbocycles. The second-order valence-electron chi connectivity index (χ2n) is 6.62. The lowest BCUT2D eigenvalue weighted by Crippen LogP contribution is -2.44. The van der Waals surface area contributed by atoms with Gasteiger partial charge in [-0.05, 0) is 18.2 Å². The Kier molecular flexibility index (Phi) is 4.20. The predicted molar refractivity (Wildman–Crippen MR) is 89.1 cm³/mol. The largest absolute Gasteiger partial charge is 0.347 e. The van der Waals surface area contributed by atoms with Gasteiger partial charge in [-0.3, -0.25) is 14.9 Å². The molecule has 2 aliphatic heterocycles. The van der Waals surface area contributed by atoms with Crippen LogP contribution in [0.25, 0.3) is 11.0 Å². The fraction of sp³-hybridized carbons (Fsp3) is 0.529. The lowest BCUT2D eigenvalue weighted by Gasteiger charge is -2.37. The van der Waals surface area contributed by atoms with Crippen LogP contribution < -0.4 is 5.48 Å². The molecule has 0 atom stereocenters. The van der Waals surface area contributed by atoms with Crippen molar-refractivity contribution in [2.45, 2.75) is 25.2 Å². The monoisotopic (exact) mass is 346 g/mol. The minimum atomic E-state index is -0.535. The van der Waals surface area contributed by atoms with E-state index in [0.29, 0.717) is 18.8 Å². The molecule has 2 aromatic rings. The molecule has 3 heterocycles. The minimum absolute atomic E-state index is 0.366. The van der Waals surface area contributed by atoms with Gasteiger partial charge >= 0.3 is 0 Å². The van der Waals surface area contributed by atoms with E-state index in [1.54, 1.807) is 17.6 Å². The van der Waals surface area contributed by atoms with Gasteiger partial charge < -0.3 is 14.0 Å². The number of amides is 1. The van der Waals surface area contributed by atoms with E-state index in [1.807, 2.05) is 17.7 Å². The van der Waals surface area contributed by atoms with Crippen LogP contribution in [-0.4, -0.2) is 57.7 Å². The summed E-state index contributed by atoms with van der Waals surface area (Å²) < 4.78 is 13.6. The molecule has 134 valence electrons. The van der Waals surface area contributed by atoms with E-state index >= 15 is 0 Å². The van der Waals surface area contributed by atoms with Crippen molar-refractivity contribution in [3.05, 3.63) is 29.6 Å². The maximum absolute atomic E-state index is 11.6. The Morgan fingerprint density at radius 2 is 2.04 bits per heavy atom. The van der Waals surface area contributed by atoms with Crippen LogP contribution in [0.5, 0.6) is 0 Å². The van der Waals surface area contributed by atoms with E-state index in [-0.39, 0.29) is 5.79 Å². The standard InChI is InChI=1S/C17H22N4O4/c1-20-14-3-2-12(16(22)19-23)10-13(14)18-15(20)11-21-6-4-17(5-7-21)24-8-9-25-17/h2-3,10,23H,4-9,11H2,1H3,(H,19,22). The second-order valence-corrected chi connectivity index (χ2v) is 6.62. The third kappa shape index (κ3) is 3.02. The van der Waals surface area contributed by atoms with Crippen LogP contribution in [-0.2, 0) is 23.1 Å². The highest BCUT2D eigenvalue weighted by Gasteiger charge is 2.39. The molecule has 0 aliphatic carbocycles. The maximum atomic E-state index is 11.6. The van der Waals surface area contributed by atoms with E-state index in [1.165, 1.54) is 0 Å². The molecule has 4 rings (SSSR count). The van der Waals surface area contributed by atoms with Crippen molar-refractivity contribution in [1.82, 2.24) is 19.9 Å². The van der Waals surface area contributed by atoms with Gasteiger partial charge in [0.25, 0.3) is 5.91 Å². The van der Waals surface area contributed by atoms with Crippen molar-refractivity contribution < 1.29 is 19.5 Å². The summed E-state index contributed by atoms with van der Waals surface area (Å²) >= 11 is 0. The summed E-state index contributed by atoms with van der Waals surface area (Å²) in [4.78, 5) is 18.6. The van der Waals surface area contributed by atoms with Crippen molar-refractivity contribution in [2.24, 2.45) is 7.05 Å². The highest BCUT2D eigenvalue weighted by Crippen LogP contribution is 2.31. The number of ether oxygens (including phenoxy) is 2. The van der Waals surface area contributed by atoms with Crippen molar-refractivity contribution in [3.63, 3.8) is 0 Å². The van der Waals surface area contributed by atoms with Gasteiger partial charge in [0.1, 0.15) is 5.82 Å². The van der Waals surface area contributed by atoms with Gasteiger partial charge in [-0.2, -0.15) is 0 Å². The summed E-state index contributed by atoms with van der Waals surface area (Å²) in [6, 6.07) is 5.22. The Balaban J connectivity index is 1.50. The molecule has 1 amide bonds. The Morgan fingerprint density at radius 1 is 1.32 bits per heavy atom. The van der Waals surface area contributed by atoms with Gasteiger partial charge in [-0.25, -0.2) is 10.5 Å². The number of rotatable bonds is 3. The fourth-order valence-corrected chi connectivity index (χ4v) is 3.63. The number of imidazole rings is 1. The smallest absolute Gasteiger partial charge is 0.274 e. The average Bonchev–Trinajstić information content (AvgIpc) is 3.21. The zero-order chi connectivity index (χ0) is 17.4. The number of carbonyl (C=O) groups excluding carboxylic acids is 1. The summed E-state index contributed by atoms with van der Waals surface area (Å²) in [5, 5.41) is 8.77. The second kappa shape index (κ2) is 6.38. The molecule has 2 aliphatic rings. The van der Waals surface area contributed by atoms with Crippen molar-refractivity contribution in [2.75, 3.05) is 26.3 Å². The van der Waals surface area contributed by atoms with Gasteiger partial charge in [0.15, 0.2) is 5.79 Å². The zero-order valence-corrected chi connectivity index (χ0v) is 14.2. The van der Waals surface area contributed by atoms with Crippen LogP contribution in [0.2, 0.25) is 0 Å². The molecule has 8 heteroatoms. The van der Waals surface area contributed by atoms with Crippen LogP contribution >= 0.6 is 0 Å². The first-order valence-electron chi connectivity index (χ1n) is 8.50. The number of hydrogen-bond acceptors (Lipinski definition) is 6. The third-order valence-electron chi connectivity index (χ3n) is 5.13. The molecule has 25 heavy (non-hydrogen) atoms.